The number of nitrogens with zero attached hydrogens (tertiary/aromatic N) is 4. The molecule has 2 aromatic heterocycles. The van der Waals surface area contributed by atoms with Crippen molar-refractivity contribution in [1.82, 2.24) is 14.4 Å². The third-order valence-electron chi connectivity index (χ3n) is 7.98. The smallest absolute Gasteiger partial charge is 0.289 e. The molecular weight excluding hydrogens is 492 g/mol. The van der Waals surface area contributed by atoms with Crippen molar-refractivity contribution in [3.63, 3.8) is 0 Å². The van der Waals surface area contributed by atoms with E-state index in [0.29, 0.717) is 37.8 Å². The lowest BCUT2D eigenvalue weighted by Crippen LogP contribution is -2.48. The van der Waals surface area contributed by atoms with E-state index in [4.69, 9.17) is 9.15 Å². The fraction of sp³-hybridized carbons (Fsp3) is 0.484. The summed E-state index contributed by atoms with van der Waals surface area (Å²) < 4.78 is 13.7. The van der Waals surface area contributed by atoms with Gasteiger partial charge in [0.2, 0.25) is 5.91 Å². The van der Waals surface area contributed by atoms with Crippen LogP contribution < -0.4 is 9.64 Å². The summed E-state index contributed by atoms with van der Waals surface area (Å²) in [5.74, 6) is 2.33. The number of benzene rings is 1. The Balaban J connectivity index is 1.19. The first-order chi connectivity index (χ1) is 19.1. The maximum atomic E-state index is 13.2. The second-order valence-electron chi connectivity index (χ2n) is 10.6. The van der Waals surface area contributed by atoms with Gasteiger partial charge >= 0.3 is 0 Å². The highest BCUT2D eigenvalue weighted by molar-refractivity contribution is 5.91. The lowest BCUT2D eigenvalue weighted by atomic mass is 10.1. The number of amides is 2. The van der Waals surface area contributed by atoms with Crippen LogP contribution in [0.1, 0.15) is 61.0 Å². The molecule has 8 heteroatoms. The van der Waals surface area contributed by atoms with Crippen LogP contribution in [0.5, 0.6) is 5.75 Å². The van der Waals surface area contributed by atoms with Gasteiger partial charge in [-0.25, -0.2) is 0 Å². The number of piperazine rings is 1. The zero-order valence-electron chi connectivity index (χ0n) is 23.2. The summed E-state index contributed by atoms with van der Waals surface area (Å²) >= 11 is 0. The number of anilines is 1. The van der Waals surface area contributed by atoms with Crippen LogP contribution in [0.3, 0.4) is 0 Å². The topological polar surface area (TPSA) is 71.2 Å². The van der Waals surface area contributed by atoms with Crippen molar-refractivity contribution in [1.29, 1.82) is 0 Å². The lowest BCUT2D eigenvalue weighted by molar-refractivity contribution is -0.136. The van der Waals surface area contributed by atoms with Gasteiger partial charge in [-0.05, 0) is 55.7 Å². The zero-order chi connectivity index (χ0) is 27.2. The molecule has 1 aliphatic carbocycles. The van der Waals surface area contributed by atoms with Crippen LogP contribution in [0.2, 0.25) is 0 Å². The molecule has 8 nitrogen and oxygen atoms in total. The Morgan fingerprint density at radius 3 is 2.51 bits per heavy atom. The van der Waals surface area contributed by atoms with Gasteiger partial charge in [-0.3, -0.25) is 9.59 Å². The van der Waals surface area contributed by atoms with E-state index in [1.54, 1.807) is 13.2 Å². The summed E-state index contributed by atoms with van der Waals surface area (Å²) in [4.78, 5) is 32.5. The van der Waals surface area contributed by atoms with Gasteiger partial charge < -0.3 is 28.4 Å². The lowest BCUT2D eigenvalue weighted by Gasteiger charge is -2.36. The second kappa shape index (κ2) is 12.5. The molecule has 0 unspecified atom stereocenters. The summed E-state index contributed by atoms with van der Waals surface area (Å²) in [6, 6.07) is 15.7. The third kappa shape index (κ3) is 6.15. The molecule has 5 rings (SSSR count). The number of methoxy groups -OCH3 is 1. The highest BCUT2D eigenvalue weighted by atomic mass is 16.5. The van der Waals surface area contributed by atoms with Crippen molar-refractivity contribution in [2.75, 3.05) is 44.7 Å². The van der Waals surface area contributed by atoms with E-state index < -0.39 is 0 Å². The quantitative estimate of drug-likeness (QED) is 0.366. The van der Waals surface area contributed by atoms with E-state index in [0.717, 1.165) is 74.6 Å². The van der Waals surface area contributed by atoms with Crippen LogP contribution in [0, 0.1) is 5.92 Å². The molecule has 3 heterocycles. The number of ether oxygens (including phenoxy) is 1. The number of carbonyl (C=O) groups is 2. The summed E-state index contributed by atoms with van der Waals surface area (Å²) in [6.45, 7) is 6.72. The molecule has 2 aliphatic rings. The summed E-state index contributed by atoms with van der Waals surface area (Å²) in [5, 5.41) is 0. The molecule has 0 atom stereocenters. The molecule has 0 N–H and O–H groups in total. The number of para-hydroxylation sites is 2. The summed E-state index contributed by atoms with van der Waals surface area (Å²) in [6.07, 6.45) is 7.29. The molecule has 0 radical (unpaired) electrons. The van der Waals surface area contributed by atoms with Crippen LogP contribution >= 0.6 is 0 Å². The van der Waals surface area contributed by atoms with Crippen molar-refractivity contribution >= 4 is 17.5 Å². The van der Waals surface area contributed by atoms with E-state index in [9.17, 15) is 9.59 Å². The zero-order valence-corrected chi connectivity index (χ0v) is 23.2. The Bertz CT molecular complexity index is 1250. The summed E-state index contributed by atoms with van der Waals surface area (Å²) in [7, 11) is 1.68. The van der Waals surface area contributed by atoms with E-state index in [2.05, 4.69) is 28.5 Å². The van der Waals surface area contributed by atoms with Crippen molar-refractivity contribution in [2.24, 2.45) is 5.92 Å². The van der Waals surface area contributed by atoms with Crippen molar-refractivity contribution in [2.45, 2.75) is 52.1 Å². The van der Waals surface area contributed by atoms with Gasteiger partial charge in [0.05, 0.1) is 25.9 Å². The van der Waals surface area contributed by atoms with E-state index in [1.165, 1.54) is 0 Å². The Hall–Kier alpha value is -3.68. The maximum Gasteiger partial charge on any atom is 0.289 e. The number of carbonyl (C=O) groups excluding carboxylic acids is 2. The molecule has 2 fully saturated rings. The third-order valence-corrected chi connectivity index (χ3v) is 7.98. The number of hydrogen-bond acceptors (Lipinski definition) is 5. The van der Waals surface area contributed by atoms with E-state index >= 15 is 0 Å². The van der Waals surface area contributed by atoms with Gasteiger partial charge in [0.25, 0.3) is 5.91 Å². The Labute approximate surface area is 231 Å². The first-order valence-corrected chi connectivity index (χ1v) is 14.3. The molecule has 1 aliphatic heterocycles. The highest BCUT2D eigenvalue weighted by Crippen LogP contribution is 2.29. The minimum absolute atomic E-state index is 0.0788. The van der Waals surface area contributed by atoms with Crippen LogP contribution in [-0.2, 0) is 17.9 Å². The van der Waals surface area contributed by atoms with Gasteiger partial charge in [0.1, 0.15) is 11.5 Å². The number of hydrogen-bond donors (Lipinski definition) is 0. The van der Waals surface area contributed by atoms with Gasteiger partial charge in [0, 0.05) is 50.5 Å². The average molecular weight is 533 g/mol. The predicted octanol–water partition coefficient (Wildman–Crippen LogP) is 5.03. The first-order valence-electron chi connectivity index (χ1n) is 14.3. The van der Waals surface area contributed by atoms with Crippen molar-refractivity contribution < 1.29 is 18.7 Å². The van der Waals surface area contributed by atoms with E-state index in [-0.39, 0.29) is 11.8 Å². The highest BCUT2D eigenvalue weighted by Gasteiger charge is 2.28. The van der Waals surface area contributed by atoms with Crippen LogP contribution in [0.15, 0.2) is 59.1 Å². The Morgan fingerprint density at radius 2 is 1.77 bits per heavy atom. The average Bonchev–Trinajstić information content (AvgIpc) is 3.76. The van der Waals surface area contributed by atoms with Crippen LogP contribution in [0.25, 0.3) is 0 Å². The molecule has 3 aromatic rings. The monoisotopic (exact) mass is 532 g/mol. The van der Waals surface area contributed by atoms with E-state index in [1.807, 2.05) is 46.3 Å². The van der Waals surface area contributed by atoms with Gasteiger partial charge in [-0.2, -0.15) is 0 Å². The van der Waals surface area contributed by atoms with Gasteiger partial charge in [-0.1, -0.05) is 31.9 Å². The fourth-order valence-electron chi connectivity index (χ4n) is 5.85. The molecule has 2 amide bonds. The molecule has 0 spiro atoms. The van der Waals surface area contributed by atoms with Gasteiger partial charge in [0.15, 0.2) is 5.76 Å². The molecule has 1 saturated carbocycles. The maximum absolute atomic E-state index is 13.2. The molecule has 208 valence electrons. The van der Waals surface area contributed by atoms with Crippen molar-refractivity contribution in [3.05, 3.63) is 71.9 Å². The predicted molar refractivity (Wildman–Crippen MR) is 151 cm³/mol. The Kier molecular flexibility index (Phi) is 8.59. The van der Waals surface area contributed by atoms with Crippen molar-refractivity contribution in [3.8, 4) is 5.75 Å². The SMILES string of the molecule is CCCN(Cc1cccn1Cc1ccc(C(=O)N2CCN(c3ccccc3OC)CC2)o1)C(=O)C1CCCC1. The number of rotatable bonds is 10. The minimum atomic E-state index is -0.0788. The minimum Gasteiger partial charge on any atom is -0.495 e. The molecule has 39 heavy (non-hydrogen) atoms. The van der Waals surface area contributed by atoms with Crippen LogP contribution in [-0.4, -0.2) is 66.0 Å². The molecule has 1 aromatic carbocycles. The standard InChI is InChI=1S/C31H40N4O4/c1-3-16-35(30(36)24-9-4-5-10-24)22-25-11-8-17-34(25)23-26-14-15-29(39-26)31(37)33-20-18-32(19-21-33)27-12-6-7-13-28(27)38-2/h6-8,11-15,17,24H,3-5,9-10,16,18-23H2,1-2H3. The van der Waals surface area contributed by atoms with Gasteiger partial charge in [-0.15, -0.1) is 0 Å². The fourth-order valence-corrected chi connectivity index (χ4v) is 5.85. The Morgan fingerprint density at radius 1 is 1.00 bits per heavy atom. The molecule has 1 saturated heterocycles. The number of aromatic nitrogens is 1. The molecule has 0 bridgehead atoms. The second-order valence-corrected chi connectivity index (χ2v) is 10.6. The summed E-state index contributed by atoms with van der Waals surface area (Å²) in [5.41, 5.74) is 2.13. The first kappa shape index (κ1) is 26.9. The number of furan rings is 1. The largest absolute Gasteiger partial charge is 0.495 e. The molecular formula is C31H40N4O4. The normalized spacial score (nSPS) is 16.1. The van der Waals surface area contributed by atoms with Crippen LogP contribution in [0.4, 0.5) is 5.69 Å².